The molecule has 0 saturated carbocycles. The lowest BCUT2D eigenvalue weighted by molar-refractivity contribution is -0.132. The molecule has 2 unspecified atom stereocenters. The number of benzene rings is 1. The third-order valence-corrected chi connectivity index (χ3v) is 5.08. The van der Waals surface area contributed by atoms with Gasteiger partial charge in [0, 0.05) is 20.6 Å². The second kappa shape index (κ2) is 7.49. The van der Waals surface area contributed by atoms with Gasteiger partial charge < -0.3 is 9.64 Å². The molecule has 1 aliphatic heterocycles. The van der Waals surface area contributed by atoms with Crippen LogP contribution in [0.5, 0.6) is 0 Å². The predicted molar refractivity (Wildman–Crippen MR) is 96.6 cm³/mol. The van der Waals surface area contributed by atoms with E-state index < -0.39 is 0 Å². The SMILES string of the molecule is COC1CN=C(C(N(Cc2ccccc2)C(C)=O)C(C)(C)C)S1. The maximum Gasteiger partial charge on any atom is 0.220 e. The Bertz CT molecular complexity index is 566. The van der Waals surface area contributed by atoms with Crippen LogP contribution in [0.4, 0.5) is 0 Å². The summed E-state index contributed by atoms with van der Waals surface area (Å²) in [5.41, 5.74) is 1.08. The maximum atomic E-state index is 12.4. The van der Waals surface area contributed by atoms with Crippen molar-refractivity contribution in [1.82, 2.24) is 4.90 Å². The molecule has 1 aliphatic rings. The molecule has 1 amide bonds. The Hall–Kier alpha value is -1.33. The fraction of sp³-hybridized carbons (Fsp3) is 0.556. The Labute approximate surface area is 143 Å². The second-order valence-corrected chi connectivity index (χ2v) is 8.04. The summed E-state index contributed by atoms with van der Waals surface area (Å²) in [4.78, 5) is 19.0. The lowest BCUT2D eigenvalue weighted by atomic mass is 9.85. The molecule has 0 aromatic heterocycles. The van der Waals surface area contributed by atoms with Crippen molar-refractivity contribution >= 4 is 22.7 Å². The fourth-order valence-electron chi connectivity index (χ4n) is 2.78. The highest BCUT2D eigenvalue weighted by Crippen LogP contribution is 2.35. The van der Waals surface area contributed by atoms with E-state index in [-0.39, 0.29) is 22.8 Å². The molecule has 5 heteroatoms. The molecule has 0 fully saturated rings. The molecule has 0 saturated heterocycles. The standard InChI is InChI=1S/C18H26N2O2S/c1-13(21)20(12-14-9-7-6-8-10-14)16(18(2,3)4)17-19-11-15(22-5)23-17/h6-10,15-16H,11-12H2,1-5H3. The first-order chi connectivity index (χ1) is 10.8. The van der Waals surface area contributed by atoms with E-state index in [9.17, 15) is 4.79 Å². The number of methoxy groups -OCH3 is 1. The molecule has 1 heterocycles. The van der Waals surface area contributed by atoms with Gasteiger partial charge in [-0.2, -0.15) is 0 Å². The van der Waals surface area contributed by atoms with E-state index in [0.29, 0.717) is 13.1 Å². The number of nitrogens with zero attached hydrogens (tertiary/aromatic N) is 2. The van der Waals surface area contributed by atoms with Crippen molar-refractivity contribution in [2.45, 2.75) is 45.7 Å². The van der Waals surface area contributed by atoms with Crippen LogP contribution >= 0.6 is 11.8 Å². The Morgan fingerprint density at radius 3 is 2.52 bits per heavy atom. The van der Waals surface area contributed by atoms with E-state index in [0.717, 1.165) is 10.6 Å². The van der Waals surface area contributed by atoms with E-state index in [2.05, 4.69) is 37.9 Å². The number of amides is 1. The maximum absolute atomic E-state index is 12.4. The summed E-state index contributed by atoms with van der Waals surface area (Å²) in [6.07, 6.45) is 0. The zero-order valence-corrected chi connectivity index (χ0v) is 15.4. The van der Waals surface area contributed by atoms with Gasteiger partial charge in [0.25, 0.3) is 0 Å². The molecule has 0 N–H and O–H groups in total. The first-order valence-corrected chi connectivity index (χ1v) is 8.76. The Morgan fingerprint density at radius 1 is 1.39 bits per heavy atom. The number of ether oxygens (including phenoxy) is 1. The number of hydrogen-bond acceptors (Lipinski definition) is 4. The Balaban J connectivity index is 2.29. The molecule has 23 heavy (non-hydrogen) atoms. The van der Waals surface area contributed by atoms with E-state index in [1.165, 1.54) is 0 Å². The highest BCUT2D eigenvalue weighted by molar-refractivity contribution is 8.14. The molecule has 2 rings (SSSR count). The summed E-state index contributed by atoms with van der Waals surface area (Å²) in [5, 5.41) is 0.996. The van der Waals surface area contributed by atoms with Gasteiger partial charge in [-0.15, -0.1) is 0 Å². The highest BCUT2D eigenvalue weighted by atomic mass is 32.2. The lowest BCUT2D eigenvalue weighted by Gasteiger charge is -2.39. The van der Waals surface area contributed by atoms with Crippen molar-refractivity contribution < 1.29 is 9.53 Å². The second-order valence-electron chi connectivity index (χ2n) is 6.86. The van der Waals surface area contributed by atoms with Gasteiger partial charge in [-0.25, -0.2) is 0 Å². The van der Waals surface area contributed by atoms with Crippen LogP contribution in [0.25, 0.3) is 0 Å². The largest absolute Gasteiger partial charge is 0.368 e. The minimum Gasteiger partial charge on any atom is -0.368 e. The third-order valence-electron chi connectivity index (χ3n) is 3.88. The number of thioether (sulfide) groups is 1. The number of carbonyl (C=O) groups is 1. The minimum absolute atomic E-state index is 0.0506. The van der Waals surface area contributed by atoms with E-state index >= 15 is 0 Å². The normalized spacial score (nSPS) is 19.3. The summed E-state index contributed by atoms with van der Waals surface area (Å²) >= 11 is 1.64. The lowest BCUT2D eigenvalue weighted by Crippen LogP contribution is -2.50. The molecule has 2 atom stereocenters. The molecule has 0 radical (unpaired) electrons. The van der Waals surface area contributed by atoms with Gasteiger partial charge in [0.15, 0.2) is 0 Å². The van der Waals surface area contributed by atoms with Gasteiger partial charge in [-0.05, 0) is 11.0 Å². The molecular formula is C18H26N2O2S. The minimum atomic E-state index is -0.102. The topological polar surface area (TPSA) is 41.9 Å². The first-order valence-electron chi connectivity index (χ1n) is 7.88. The fourth-order valence-corrected chi connectivity index (χ4v) is 4.06. The number of hydrogen-bond donors (Lipinski definition) is 0. The van der Waals surface area contributed by atoms with Gasteiger partial charge >= 0.3 is 0 Å². The smallest absolute Gasteiger partial charge is 0.220 e. The van der Waals surface area contributed by atoms with Crippen molar-refractivity contribution in [1.29, 1.82) is 0 Å². The molecule has 0 spiro atoms. The Morgan fingerprint density at radius 2 is 2.04 bits per heavy atom. The van der Waals surface area contributed by atoms with Gasteiger partial charge in [0.05, 0.1) is 17.6 Å². The average Bonchev–Trinajstić information content (AvgIpc) is 2.94. The summed E-state index contributed by atoms with van der Waals surface area (Å²) < 4.78 is 5.41. The van der Waals surface area contributed by atoms with Crippen molar-refractivity contribution in [3.8, 4) is 0 Å². The van der Waals surface area contributed by atoms with Crippen LogP contribution in [0.15, 0.2) is 35.3 Å². The van der Waals surface area contributed by atoms with E-state index in [1.807, 2.05) is 23.1 Å². The molecule has 0 bridgehead atoms. The summed E-state index contributed by atoms with van der Waals surface area (Å²) in [6.45, 7) is 9.34. The van der Waals surface area contributed by atoms with Crippen LogP contribution in [0.2, 0.25) is 0 Å². The number of aliphatic imine (C=N–C) groups is 1. The molecule has 0 aliphatic carbocycles. The monoisotopic (exact) mass is 334 g/mol. The van der Waals surface area contributed by atoms with Crippen LogP contribution in [-0.4, -0.2) is 41.0 Å². The first kappa shape index (κ1) is 18.0. The quantitative estimate of drug-likeness (QED) is 0.827. The number of carbonyl (C=O) groups excluding carboxylic acids is 1. The van der Waals surface area contributed by atoms with Crippen LogP contribution in [0.1, 0.15) is 33.3 Å². The molecular weight excluding hydrogens is 308 g/mol. The summed E-state index contributed by atoms with van der Waals surface area (Å²) in [7, 11) is 1.70. The van der Waals surface area contributed by atoms with Crippen LogP contribution in [0.3, 0.4) is 0 Å². The van der Waals surface area contributed by atoms with Crippen molar-refractivity contribution in [3.63, 3.8) is 0 Å². The van der Waals surface area contributed by atoms with Crippen molar-refractivity contribution in [3.05, 3.63) is 35.9 Å². The summed E-state index contributed by atoms with van der Waals surface area (Å²) in [6, 6.07) is 10.0. The van der Waals surface area contributed by atoms with Gasteiger partial charge in [0.2, 0.25) is 5.91 Å². The third kappa shape index (κ3) is 4.58. The van der Waals surface area contributed by atoms with E-state index in [1.54, 1.807) is 25.8 Å². The summed E-state index contributed by atoms with van der Waals surface area (Å²) in [5.74, 6) is 0.0675. The van der Waals surface area contributed by atoms with Crippen LogP contribution in [0, 0.1) is 5.41 Å². The van der Waals surface area contributed by atoms with Gasteiger partial charge in [-0.1, -0.05) is 62.9 Å². The van der Waals surface area contributed by atoms with Gasteiger partial charge in [-0.3, -0.25) is 9.79 Å². The van der Waals surface area contributed by atoms with E-state index in [4.69, 9.17) is 4.74 Å². The zero-order chi connectivity index (χ0) is 17.0. The van der Waals surface area contributed by atoms with Crippen molar-refractivity contribution in [2.75, 3.05) is 13.7 Å². The van der Waals surface area contributed by atoms with Crippen molar-refractivity contribution in [2.24, 2.45) is 10.4 Å². The molecule has 4 nitrogen and oxygen atoms in total. The highest BCUT2D eigenvalue weighted by Gasteiger charge is 2.39. The number of rotatable bonds is 5. The zero-order valence-electron chi connectivity index (χ0n) is 14.6. The average molecular weight is 334 g/mol. The van der Waals surface area contributed by atoms with Crippen LogP contribution in [-0.2, 0) is 16.1 Å². The molecule has 1 aromatic carbocycles. The van der Waals surface area contributed by atoms with Gasteiger partial charge in [0.1, 0.15) is 5.44 Å². The van der Waals surface area contributed by atoms with Crippen LogP contribution < -0.4 is 0 Å². The molecule has 126 valence electrons. The predicted octanol–water partition coefficient (Wildman–Crippen LogP) is 3.57. The molecule has 1 aromatic rings. The Kier molecular flexibility index (Phi) is 5.87.